The van der Waals surface area contributed by atoms with Crippen LogP contribution in [-0.2, 0) is 9.47 Å². The van der Waals surface area contributed by atoms with E-state index in [0.29, 0.717) is 22.4 Å². The Morgan fingerprint density at radius 1 is 0.489 bits per heavy atom. The van der Waals surface area contributed by atoms with Crippen LogP contribution in [0, 0.1) is 0 Å². The van der Waals surface area contributed by atoms with Gasteiger partial charge in [-0.1, -0.05) is 89.5 Å². The number of benzene rings is 3. The summed E-state index contributed by atoms with van der Waals surface area (Å²) in [4.78, 5) is 37.8. The minimum Gasteiger partial charge on any atom is -0.459 e. The van der Waals surface area contributed by atoms with E-state index in [4.69, 9.17) is 14.2 Å². The molecule has 6 nitrogen and oxygen atoms in total. The molecule has 2 atom stereocenters. The van der Waals surface area contributed by atoms with Crippen LogP contribution in [0.2, 0.25) is 0 Å². The number of esters is 3. The Kier molecular flexibility index (Phi) is 15.4. The second-order valence-corrected chi connectivity index (χ2v) is 11.9. The van der Waals surface area contributed by atoms with Crippen LogP contribution in [-0.4, -0.2) is 30.1 Å². The van der Waals surface area contributed by atoms with Crippen LogP contribution in [0.1, 0.15) is 136 Å². The average molecular weight is 615 g/mol. The molecule has 3 rings (SSSR count). The van der Waals surface area contributed by atoms with Crippen LogP contribution >= 0.6 is 0 Å². The monoisotopic (exact) mass is 614 g/mol. The molecule has 242 valence electrons. The van der Waals surface area contributed by atoms with Crippen LogP contribution < -0.4 is 4.74 Å². The van der Waals surface area contributed by atoms with Crippen LogP contribution in [0.25, 0.3) is 11.1 Å². The molecular weight excluding hydrogens is 564 g/mol. The lowest BCUT2D eigenvalue weighted by Crippen LogP contribution is -2.15. The highest BCUT2D eigenvalue weighted by molar-refractivity contribution is 5.93. The number of hydrogen-bond donors (Lipinski definition) is 0. The van der Waals surface area contributed by atoms with Crippen LogP contribution in [0.3, 0.4) is 0 Å². The maximum atomic E-state index is 12.7. The zero-order valence-electron chi connectivity index (χ0n) is 27.5. The molecule has 0 saturated heterocycles. The van der Waals surface area contributed by atoms with Gasteiger partial charge in [0.05, 0.1) is 28.9 Å². The highest BCUT2D eigenvalue weighted by Crippen LogP contribution is 2.23. The van der Waals surface area contributed by atoms with E-state index in [1.54, 1.807) is 48.5 Å². The Balaban J connectivity index is 1.46. The van der Waals surface area contributed by atoms with E-state index < -0.39 is 5.97 Å². The molecular formula is C39H50O6. The lowest BCUT2D eigenvalue weighted by atomic mass is 10.0. The third kappa shape index (κ3) is 12.5. The van der Waals surface area contributed by atoms with Gasteiger partial charge in [-0.2, -0.15) is 0 Å². The fourth-order valence-electron chi connectivity index (χ4n) is 5.11. The lowest BCUT2D eigenvalue weighted by molar-refractivity contribution is 0.0309. The first-order valence-electron chi connectivity index (χ1n) is 16.7. The van der Waals surface area contributed by atoms with Crippen molar-refractivity contribution in [2.75, 3.05) is 0 Å². The highest BCUT2D eigenvalue weighted by Gasteiger charge is 2.15. The fraction of sp³-hybridized carbons (Fsp3) is 0.462. The standard InChI is InChI=1S/C39H50O6/c1-5-7-9-11-13-15-29(3)43-37(40)33-21-17-31(18-22-33)32-19-23-34(24-20-32)39(42)45-36-27-25-35(26-28-36)38(41)44-30(4)16-14-12-10-8-6-2/h17-30H,5-16H2,1-4H3. The van der Waals surface area contributed by atoms with Crippen LogP contribution in [0.5, 0.6) is 5.75 Å². The quantitative estimate of drug-likeness (QED) is 0.0759. The molecule has 3 aromatic rings. The molecule has 0 saturated carbocycles. The maximum Gasteiger partial charge on any atom is 0.343 e. The van der Waals surface area contributed by atoms with E-state index in [9.17, 15) is 14.4 Å². The summed E-state index contributed by atoms with van der Waals surface area (Å²) in [5, 5.41) is 0. The number of carbonyl (C=O) groups is 3. The molecule has 0 heterocycles. The van der Waals surface area contributed by atoms with Crippen molar-refractivity contribution in [2.45, 2.75) is 117 Å². The molecule has 0 aliphatic carbocycles. The molecule has 0 radical (unpaired) electrons. The lowest BCUT2D eigenvalue weighted by Gasteiger charge is -2.13. The number of rotatable bonds is 19. The summed E-state index contributed by atoms with van der Waals surface area (Å²) in [6.45, 7) is 8.25. The van der Waals surface area contributed by atoms with Crippen molar-refractivity contribution in [2.24, 2.45) is 0 Å². The number of carbonyl (C=O) groups excluding carboxylic acids is 3. The zero-order chi connectivity index (χ0) is 32.4. The van der Waals surface area contributed by atoms with Crippen molar-refractivity contribution >= 4 is 17.9 Å². The van der Waals surface area contributed by atoms with Crippen molar-refractivity contribution in [3.63, 3.8) is 0 Å². The first-order valence-corrected chi connectivity index (χ1v) is 16.7. The molecule has 0 bridgehead atoms. The van der Waals surface area contributed by atoms with Gasteiger partial charge in [0.25, 0.3) is 0 Å². The van der Waals surface area contributed by atoms with E-state index in [1.807, 2.05) is 38.1 Å². The molecule has 0 aromatic heterocycles. The van der Waals surface area contributed by atoms with Gasteiger partial charge in [-0.15, -0.1) is 0 Å². The molecule has 45 heavy (non-hydrogen) atoms. The first kappa shape index (κ1) is 35.5. The summed E-state index contributed by atoms with van der Waals surface area (Å²) in [5.74, 6) is -0.838. The van der Waals surface area contributed by atoms with Gasteiger partial charge in [-0.05, 0) is 99.2 Å². The van der Waals surface area contributed by atoms with E-state index >= 15 is 0 Å². The molecule has 0 N–H and O–H groups in total. The third-order valence-electron chi connectivity index (χ3n) is 7.92. The van der Waals surface area contributed by atoms with Gasteiger partial charge in [0, 0.05) is 0 Å². The molecule has 0 fully saturated rings. The molecule has 0 aliphatic heterocycles. The average Bonchev–Trinajstić information content (AvgIpc) is 3.05. The maximum absolute atomic E-state index is 12.7. The second-order valence-electron chi connectivity index (χ2n) is 11.9. The van der Waals surface area contributed by atoms with Crippen molar-refractivity contribution in [3.05, 3.63) is 89.5 Å². The Bertz CT molecular complexity index is 1310. The summed E-state index contributed by atoms with van der Waals surface area (Å²) >= 11 is 0. The van der Waals surface area contributed by atoms with E-state index in [1.165, 1.54) is 44.9 Å². The fourth-order valence-corrected chi connectivity index (χ4v) is 5.11. The van der Waals surface area contributed by atoms with E-state index in [2.05, 4.69) is 13.8 Å². The van der Waals surface area contributed by atoms with Crippen LogP contribution in [0.15, 0.2) is 72.8 Å². The van der Waals surface area contributed by atoms with Crippen LogP contribution in [0.4, 0.5) is 0 Å². The summed E-state index contributed by atoms with van der Waals surface area (Å²) in [7, 11) is 0. The van der Waals surface area contributed by atoms with Gasteiger partial charge in [-0.3, -0.25) is 0 Å². The topological polar surface area (TPSA) is 78.9 Å². The van der Waals surface area contributed by atoms with Gasteiger partial charge in [0.1, 0.15) is 5.75 Å². The van der Waals surface area contributed by atoms with Crippen molar-refractivity contribution in [3.8, 4) is 16.9 Å². The largest absolute Gasteiger partial charge is 0.459 e. The summed E-state index contributed by atoms with van der Waals surface area (Å²) in [5.41, 5.74) is 3.17. The zero-order valence-corrected chi connectivity index (χ0v) is 27.5. The van der Waals surface area contributed by atoms with E-state index in [-0.39, 0.29) is 24.1 Å². The number of unbranched alkanes of at least 4 members (excludes halogenated alkanes) is 8. The summed E-state index contributed by atoms with van der Waals surface area (Å²) in [6, 6.07) is 20.8. The predicted molar refractivity (Wildman–Crippen MR) is 180 cm³/mol. The van der Waals surface area contributed by atoms with Gasteiger partial charge in [0.2, 0.25) is 0 Å². The smallest absolute Gasteiger partial charge is 0.343 e. The Labute approximate surface area is 269 Å². The van der Waals surface area contributed by atoms with Gasteiger partial charge in [0.15, 0.2) is 0 Å². The normalized spacial score (nSPS) is 12.3. The second kappa shape index (κ2) is 19.5. The number of hydrogen-bond acceptors (Lipinski definition) is 6. The van der Waals surface area contributed by atoms with E-state index in [0.717, 1.165) is 43.2 Å². The minimum atomic E-state index is -0.494. The molecule has 0 amide bonds. The van der Waals surface area contributed by atoms with Gasteiger partial charge in [-0.25, -0.2) is 14.4 Å². The Morgan fingerprint density at radius 3 is 1.24 bits per heavy atom. The third-order valence-corrected chi connectivity index (χ3v) is 7.92. The molecule has 6 heteroatoms. The molecule has 2 unspecified atom stereocenters. The van der Waals surface area contributed by atoms with Gasteiger partial charge >= 0.3 is 17.9 Å². The highest BCUT2D eigenvalue weighted by atomic mass is 16.5. The molecule has 0 aliphatic rings. The Morgan fingerprint density at radius 2 is 0.844 bits per heavy atom. The molecule has 3 aromatic carbocycles. The van der Waals surface area contributed by atoms with Crippen molar-refractivity contribution in [1.29, 1.82) is 0 Å². The summed E-state index contributed by atoms with van der Waals surface area (Å²) < 4.78 is 16.7. The number of ether oxygens (including phenoxy) is 3. The predicted octanol–water partition coefficient (Wildman–Crippen LogP) is 10.4. The van der Waals surface area contributed by atoms with Crippen molar-refractivity contribution < 1.29 is 28.6 Å². The minimum absolute atomic E-state index is 0.107. The van der Waals surface area contributed by atoms with Gasteiger partial charge < -0.3 is 14.2 Å². The Hall–Kier alpha value is -3.93. The molecule has 0 spiro atoms. The SMILES string of the molecule is CCCCCCCC(C)OC(=O)c1ccc(OC(=O)c2ccc(-c3ccc(C(=O)OC(C)CCCCCCC)cc3)cc2)cc1. The summed E-state index contributed by atoms with van der Waals surface area (Å²) in [6.07, 6.45) is 13.3. The first-order chi connectivity index (χ1) is 21.8. The van der Waals surface area contributed by atoms with Crippen molar-refractivity contribution in [1.82, 2.24) is 0 Å².